The Kier molecular flexibility index (Phi) is 4.23. The van der Waals surface area contributed by atoms with Crippen LogP contribution in [-0.4, -0.2) is 33.4 Å². The third-order valence-corrected chi connectivity index (χ3v) is 0.813. The van der Waals surface area contributed by atoms with Crippen LogP contribution in [0.1, 0.15) is 10.7 Å². The van der Waals surface area contributed by atoms with Crippen LogP contribution >= 0.6 is 0 Å². The van der Waals surface area contributed by atoms with Crippen LogP contribution in [0.5, 0.6) is 0 Å². The minimum absolute atomic E-state index is 0.162. The molecule has 84 valence electrons. The average Bonchev–Trinajstić information content (AvgIpc) is 2.54. The standard InChI is InChI=1S/C3H3N3O2.C2HF3O2/c4-2(7)3-6-5-1-8-3;3-2(4,5)1(6)7/h1H,(H2,4,7);(H,6,7). The van der Waals surface area contributed by atoms with Gasteiger partial charge in [-0.2, -0.15) is 13.2 Å². The molecule has 1 aromatic rings. The smallest absolute Gasteiger partial charge is 0.475 e. The van der Waals surface area contributed by atoms with Crippen LogP contribution in [-0.2, 0) is 4.79 Å². The quantitative estimate of drug-likeness (QED) is 0.685. The molecule has 15 heavy (non-hydrogen) atoms. The van der Waals surface area contributed by atoms with Gasteiger partial charge in [0.15, 0.2) is 0 Å². The molecule has 1 rings (SSSR count). The van der Waals surface area contributed by atoms with Crippen molar-refractivity contribution in [1.82, 2.24) is 10.2 Å². The van der Waals surface area contributed by atoms with Crippen LogP contribution in [0, 0.1) is 0 Å². The number of carboxylic acids is 1. The van der Waals surface area contributed by atoms with Crippen molar-refractivity contribution >= 4 is 11.9 Å². The van der Waals surface area contributed by atoms with Crippen molar-refractivity contribution in [3.8, 4) is 0 Å². The highest BCUT2D eigenvalue weighted by atomic mass is 19.4. The van der Waals surface area contributed by atoms with Gasteiger partial charge in [0.05, 0.1) is 0 Å². The van der Waals surface area contributed by atoms with E-state index < -0.39 is 18.1 Å². The number of aliphatic carboxylic acids is 1. The number of halogens is 3. The number of carbonyl (C=O) groups excluding carboxylic acids is 1. The first-order valence-electron chi connectivity index (χ1n) is 3.11. The van der Waals surface area contributed by atoms with Gasteiger partial charge in [0.2, 0.25) is 6.39 Å². The van der Waals surface area contributed by atoms with E-state index in [2.05, 4.69) is 14.6 Å². The molecule has 0 aliphatic rings. The molecule has 0 atom stereocenters. The fourth-order valence-corrected chi connectivity index (χ4v) is 0.280. The second-order valence-electron chi connectivity index (χ2n) is 1.91. The summed E-state index contributed by atoms with van der Waals surface area (Å²) in [5, 5.41) is 13.6. The molecule has 0 aliphatic heterocycles. The molecule has 0 bridgehead atoms. The summed E-state index contributed by atoms with van der Waals surface area (Å²) in [6.45, 7) is 0. The van der Waals surface area contributed by atoms with Crippen LogP contribution in [0.2, 0.25) is 0 Å². The van der Waals surface area contributed by atoms with Crippen molar-refractivity contribution in [3.05, 3.63) is 12.3 Å². The van der Waals surface area contributed by atoms with Gasteiger partial charge in [-0.25, -0.2) is 4.79 Å². The molecule has 0 saturated heterocycles. The summed E-state index contributed by atoms with van der Waals surface area (Å²) in [6, 6.07) is 0. The normalized spacial score (nSPS) is 10.1. The van der Waals surface area contributed by atoms with Crippen LogP contribution in [0.4, 0.5) is 13.2 Å². The largest absolute Gasteiger partial charge is 0.490 e. The highest BCUT2D eigenvalue weighted by molar-refractivity contribution is 5.87. The molecule has 1 heterocycles. The van der Waals surface area contributed by atoms with Crippen LogP contribution in [0.3, 0.4) is 0 Å². The maximum atomic E-state index is 10.6. The number of hydrogen-bond donors (Lipinski definition) is 2. The van der Waals surface area contributed by atoms with E-state index in [0.717, 1.165) is 6.39 Å². The summed E-state index contributed by atoms with van der Waals surface area (Å²) in [4.78, 5) is 19.0. The molecule has 7 nitrogen and oxygen atoms in total. The van der Waals surface area contributed by atoms with Crippen molar-refractivity contribution in [2.24, 2.45) is 5.73 Å². The first kappa shape index (κ1) is 12.9. The SMILES string of the molecule is NC(=O)c1nnco1.O=C(O)C(F)(F)F. The number of carboxylic acid groups (broad SMARTS) is 1. The van der Waals surface area contributed by atoms with Gasteiger partial charge >= 0.3 is 23.9 Å². The Labute approximate surface area is 79.7 Å². The monoisotopic (exact) mass is 227 g/mol. The highest BCUT2D eigenvalue weighted by Crippen LogP contribution is 2.13. The molecule has 0 aromatic carbocycles. The lowest BCUT2D eigenvalue weighted by molar-refractivity contribution is -0.192. The summed E-state index contributed by atoms with van der Waals surface area (Å²) in [7, 11) is 0. The molecular weight excluding hydrogens is 223 g/mol. The molecule has 1 amide bonds. The predicted octanol–water partition coefficient (Wildman–Crippen LogP) is -0.198. The van der Waals surface area contributed by atoms with E-state index >= 15 is 0 Å². The first-order chi connectivity index (χ1) is 6.75. The maximum absolute atomic E-state index is 10.6. The molecule has 0 radical (unpaired) electrons. The van der Waals surface area contributed by atoms with E-state index in [9.17, 15) is 18.0 Å². The van der Waals surface area contributed by atoms with Gasteiger partial charge in [0, 0.05) is 0 Å². The summed E-state index contributed by atoms with van der Waals surface area (Å²) in [5.74, 6) is -3.62. The second kappa shape index (κ2) is 4.93. The zero-order chi connectivity index (χ0) is 12.1. The van der Waals surface area contributed by atoms with Gasteiger partial charge in [-0.3, -0.25) is 4.79 Å². The fourth-order valence-electron chi connectivity index (χ4n) is 0.280. The summed E-state index contributed by atoms with van der Waals surface area (Å²) in [5.41, 5.74) is 4.72. The highest BCUT2D eigenvalue weighted by Gasteiger charge is 2.38. The lowest BCUT2D eigenvalue weighted by Gasteiger charge is -1.93. The Balaban J connectivity index is 0.000000265. The molecule has 0 aliphatic carbocycles. The van der Waals surface area contributed by atoms with Crippen molar-refractivity contribution in [3.63, 3.8) is 0 Å². The van der Waals surface area contributed by atoms with Crippen LogP contribution in [0.15, 0.2) is 10.8 Å². The molecule has 0 unspecified atom stereocenters. The van der Waals surface area contributed by atoms with E-state index in [1.54, 1.807) is 0 Å². The van der Waals surface area contributed by atoms with Gasteiger partial charge in [-0.1, -0.05) is 0 Å². The van der Waals surface area contributed by atoms with Gasteiger partial charge in [0.25, 0.3) is 0 Å². The summed E-state index contributed by atoms with van der Waals surface area (Å²) < 4.78 is 36.1. The van der Waals surface area contributed by atoms with Crippen molar-refractivity contribution in [1.29, 1.82) is 0 Å². The topological polar surface area (TPSA) is 119 Å². The molecule has 1 aromatic heterocycles. The van der Waals surface area contributed by atoms with E-state index in [1.165, 1.54) is 0 Å². The number of amides is 1. The van der Waals surface area contributed by atoms with Gasteiger partial charge in [0.1, 0.15) is 0 Å². The predicted molar refractivity (Wildman–Crippen MR) is 36.5 cm³/mol. The van der Waals surface area contributed by atoms with E-state index in [1.807, 2.05) is 0 Å². The fraction of sp³-hybridized carbons (Fsp3) is 0.200. The number of rotatable bonds is 1. The van der Waals surface area contributed by atoms with Gasteiger partial charge in [-0.15, -0.1) is 10.2 Å². The Bertz CT molecular complexity index is 334. The van der Waals surface area contributed by atoms with Crippen LogP contribution in [0.25, 0.3) is 0 Å². The lowest BCUT2D eigenvalue weighted by Crippen LogP contribution is -2.21. The third kappa shape index (κ3) is 5.23. The van der Waals surface area contributed by atoms with Crippen molar-refractivity contribution in [2.75, 3.05) is 0 Å². The lowest BCUT2D eigenvalue weighted by atomic mass is 10.6. The number of nitrogens with zero attached hydrogens (tertiary/aromatic N) is 2. The Hall–Kier alpha value is -2.13. The minimum atomic E-state index is -5.08. The van der Waals surface area contributed by atoms with E-state index in [4.69, 9.17) is 15.6 Å². The maximum Gasteiger partial charge on any atom is 0.490 e. The molecule has 3 N–H and O–H groups in total. The number of aromatic nitrogens is 2. The Morgan fingerprint density at radius 3 is 2.07 bits per heavy atom. The third-order valence-electron chi connectivity index (χ3n) is 0.813. The minimum Gasteiger partial charge on any atom is -0.475 e. The summed E-state index contributed by atoms with van der Waals surface area (Å²) >= 11 is 0. The Morgan fingerprint density at radius 1 is 1.47 bits per heavy atom. The average molecular weight is 227 g/mol. The van der Waals surface area contributed by atoms with Crippen molar-refractivity contribution < 1.29 is 32.3 Å². The van der Waals surface area contributed by atoms with E-state index in [0.29, 0.717) is 0 Å². The number of carbonyl (C=O) groups is 2. The van der Waals surface area contributed by atoms with Gasteiger partial charge in [-0.05, 0) is 0 Å². The number of hydrogen-bond acceptors (Lipinski definition) is 5. The zero-order valence-electron chi connectivity index (χ0n) is 6.85. The number of alkyl halides is 3. The molecule has 0 fully saturated rings. The zero-order valence-corrected chi connectivity index (χ0v) is 6.85. The van der Waals surface area contributed by atoms with Gasteiger partial charge < -0.3 is 15.3 Å². The van der Waals surface area contributed by atoms with Crippen molar-refractivity contribution in [2.45, 2.75) is 6.18 Å². The van der Waals surface area contributed by atoms with E-state index in [-0.39, 0.29) is 5.89 Å². The first-order valence-corrected chi connectivity index (χ1v) is 3.11. The summed E-state index contributed by atoms with van der Waals surface area (Å²) in [6.07, 6.45) is -4.04. The second-order valence-corrected chi connectivity index (χ2v) is 1.91. The molecule has 0 spiro atoms. The number of nitrogens with two attached hydrogens (primary N) is 1. The Morgan fingerprint density at radius 2 is 1.93 bits per heavy atom. The molecule has 0 saturated carbocycles. The number of primary amides is 1. The van der Waals surface area contributed by atoms with Crippen LogP contribution < -0.4 is 5.73 Å². The molecule has 10 heteroatoms. The molecular formula is C5H4F3N3O4.